The van der Waals surface area contributed by atoms with E-state index in [0.717, 1.165) is 43.0 Å². The largest absolute Gasteiger partial charge is 0.415 e. The van der Waals surface area contributed by atoms with Crippen LogP contribution in [0.3, 0.4) is 0 Å². The maximum atomic E-state index is 13.8. The molecule has 1 aliphatic heterocycles. The molecule has 1 atom stereocenters. The van der Waals surface area contributed by atoms with Crippen LogP contribution in [0.15, 0.2) is 30.3 Å². The molecule has 4 saturated carbocycles. The summed E-state index contributed by atoms with van der Waals surface area (Å²) in [7, 11) is 0. The third kappa shape index (κ3) is 2.63. The molecule has 0 radical (unpaired) electrons. The van der Waals surface area contributed by atoms with Crippen LogP contribution < -0.4 is 0 Å². The van der Waals surface area contributed by atoms with E-state index in [1.165, 1.54) is 11.5 Å². The van der Waals surface area contributed by atoms with Gasteiger partial charge in [-0.05, 0) is 49.5 Å². The molecule has 1 unspecified atom stereocenters. The standard InChI is InChI=1S/C19H22F3NOS/c20-19(21,22)17-23(11-12-4-2-1-3-5-12)24-18(25-17)15-7-13-6-14(9-15)10-16(18)8-13/h1-5,13-17H,6-11H2. The zero-order valence-corrected chi connectivity index (χ0v) is 14.7. The number of halogens is 3. The van der Waals surface area contributed by atoms with E-state index in [1.807, 2.05) is 30.3 Å². The highest BCUT2D eigenvalue weighted by Gasteiger charge is 2.67. The zero-order chi connectivity index (χ0) is 17.2. The molecular formula is C19H22F3NOS. The highest BCUT2D eigenvalue weighted by molar-refractivity contribution is 8.01. The average Bonchev–Trinajstić information content (AvgIpc) is 2.94. The summed E-state index contributed by atoms with van der Waals surface area (Å²) in [6, 6.07) is 9.33. The van der Waals surface area contributed by atoms with Crippen molar-refractivity contribution in [1.29, 1.82) is 0 Å². The number of hydrogen-bond acceptors (Lipinski definition) is 3. The second kappa shape index (κ2) is 5.64. The van der Waals surface area contributed by atoms with Gasteiger partial charge in [-0.2, -0.15) is 18.2 Å². The maximum Gasteiger partial charge on any atom is 0.415 e. The van der Waals surface area contributed by atoms with Crippen molar-refractivity contribution in [1.82, 2.24) is 5.06 Å². The molecule has 1 aromatic rings. The lowest BCUT2D eigenvalue weighted by molar-refractivity contribution is -0.296. The number of alkyl halides is 3. The van der Waals surface area contributed by atoms with E-state index in [4.69, 9.17) is 4.84 Å². The lowest BCUT2D eigenvalue weighted by atomic mass is 9.54. The number of hydrogen-bond donors (Lipinski definition) is 0. The van der Waals surface area contributed by atoms with Gasteiger partial charge < -0.3 is 0 Å². The van der Waals surface area contributed by atoms with Crippen LogP contribution >= 0.6 is 11.8 Å². The predicted molar refractivity (Wildman–Crippen MR) is 90.3 cm³/mol. The Morgan fingerprint density at radius 2 is 1.60 bits per heavy atom. The van der Waals surface area contributed by atoms with Gasteiger partial charge in [-0.15, -0.1) is 0 Å². The molecule has 6 heteroatoms. The van der Waals surface area contributed by atoms with E-state index in [1.54, 1.807) is 0 Å². The monoisotopic (exact) mass is 369 g/mol. The minimum Gasteiger partial charge on any atom is -0.279 e. The lowest BCUT2D eigenvalue weighted by Crippen LogP contribution is -2.56. The Labute approximate surface area is 150 Å². The zero-order valence-electron chi connectivity index (χ0n) is 13.9. The molecular weight excluding hydrogens is 347 g/mol. The topological polar surface area (TPSA) is 12.5 Å². The molecule has 0 amide bonds. The lowest BCUT2D eigenvalue weighted by Gasteiger charge is -2.58. The molecule has 1 saturated heterocycles. The fraction of sp³-hybridized carbons (Fsp3) is 0.684. The third-order valence-corrected chi connectivity index (χ3v) is 8.39. The number of benzene rings is 1. The number of rotatable bonds is 2. The third-order valence-electron chi connectivity index (χ3n) is 6.55. The number of nitrogens with zero attached hydrogens (tertiary/aromatic N) is 1. The van der Waals surface area contributed by atoms with Crippen molar-refractivity contribution >= 4 is 11.8 Å². The van der Waals surface area contributed by atoms with Gasteiger partial charge in [0.1, 0.15) is 4.93 Å². The van der Waals surface area contributed by atoms with Gasteiger partial charge in [0.2, 0.25) is 0 Å². The van der Waals surface area contributed by atoms with Gasteiger partial charge in [-0.25, -0.2) is 0 Å². The van der Waals surface area contributed by atoms with Crippen LogP contribution in [0, 0.1) is 23.7 Å². The van der Waals surface area contributed by atoms with Gasteiger partial charge in [0, 0.05) is 11.8 Å². The van der Waals surface area contributed by atoms with Crippen LogP contribution in [0.25, 0.3) is 0 Å². The van der Waals surface area contributed by atoms with Gasteiger partial charge in [0.25, 0.3) is 0 Å². The first-order chi connectivity index (χ1) is 11.9. The van der Waals surface area contributed by atoms with Gasteiger partial charge in [0.15, 0.2) is 5.37 Å². The van der Waals surface area contributed by atoms with Gasteiger partial charge >= 0.3 is 6.18 Å². The molecule has 1 aromatic carbocycles. The number of thioether (sulfide) groups is 1. The van der Waals surface area contributed by atoms with Crippen molar-refractivity contribution in [2.75, 3.05) is 0 Å². The van der Waals surface area contributed by atoms with E-state index in [2.05, 4.69) is 0 Å². The molecule has 4 aliphatic carbocycles. The Balaban J connectivity index is 1.45. The summed E-state index contributed by atoms with van der Waals surface area (Å²) in [6.45, 7) is 0.187. The van der Waals surface area contributed by atoms with E-state index >= 15 is 0 Å². The molecule has 5 fully saturated rings. The first-order valence-electron chi connectivity index (χ1n) is 9.18. The SMILES string of the molecule is FC(F)(F)C1SC2(ON1Cc1ccccc1)C1CC3CC(C1)CC2C3. The highest BCUT2D eigenvalue weighted by Crippen LogP contribution is 2.67. The number of hydroxylamine groups is 2. The normalized spacial score (nSPS) is 43.2. The second-order valence-electron chi connectivity index (χ2n) is 8.19. The van der Waals surface area contributed by atoms with Crippen LogP contribution in [0.4, 0.5) is 13.2 Å². The minimum absolute atomic E-state index is 0.187. The molecule has 6 rings (SSSR count). The van der Waals surface area contributed by atoms with E-state index in [9.17, 15) is 13.2 Å². The Kier molecular flexibility index (Phi) is 3.71. The molecule has 136 valence electrons. The summed E-state index contributed by atoms with van der Waals surface area (Å²) >= 11 is 1.06. The smallest absolute Gasteiger partial charge is 0.279 e. The molecule has 5 aliphatic rings. The Hall–Kier alpha value is -0.720. The molecule has 0 aromatic heterocycles. The summed E-state index contributed by atoms with van der Waals surface area (Å²) in [4.78, 5) is 5.59. The minimum atomic E-state index is -4.28. The maximum absolute atomic E-state index is 13.8. The van der Waals surface area contributed by atoms with Crippen LogP contribution in [0.5, 0.6) is 0 Å². The fourth-order valence-corrected chi connectivity index (χ4v) is 7.40. The molecule has 1 heterocycles. The van der Waals surface area contributed by atoms with Crippen molar-refractivity contribution in [3.05, 3.63) is 35.9 Å². The summed E-state index contributed by atoms with van der Waals surface area (Å²) in [5, 5.41) is -0.340. The summed E-state index contributed by atoms with van der Waals surface area (Å²) in [6.07, 6.45) is 1.18. The van der Waals surface area contributed by atoms with Crippen molar-refractivity contribution in [3.63, 3.8) is 0 Å². The Morgan fingerprint density at radius 1 is 1.00 bits per heavy atom. The van der Waals surface area contributed by atoms with E-state index < -0.39 is 16.5 Å². The predicted octanol–water partition coefficient (Wildman–Crippen LogP) is 5.21. The van der Waals surface area contributed by atoms with Crippen LogP contribution in [-0.2, 0) is 11.4 Å². The molecule has 25 heavy (non-hydrogen) atoms. The summed E-state index contributed by atoms with van der Waals surface area (Å²) in [5.41, 5.74) is 0.859. The summed E-state index contributed by atoms with van der Waals surface area (Å²) < 4.78 is 41.3. The second-order valence-corrected chi connectivity index (χ2v) is 9.51. The first-order valence-corrected chi connectivity index (χ1v) is 10.1. The molecule has 1 spiro atoms. The molecule has 2 nitrogen and oxygen atoms in total. The van der Waals surface area contributed by atoms with Crippen LogP contribution in [0.1, 0.15) is 37.7 Å². The van der Waals surface area contributed by atoms with Gasteiger partial charge in [0.05, 0.1) is 6.54 Å². The average molecular weight is 369 g/mol. The Bertz CT molecular complexity index is 622. The van der Waals surface area contributed by atoms with E-state index in [0.29, 0.717) is 11.8 Å². The van der Waals surface area contributed by atoms with Crippen LogP contribution in [-0.4, -0.2) is 21.5 Å². The summed E-state index contributed by atoms with van der Waals surface area (Å²) in [5.74, 6) is 1.98. The van der Waals surface area contributed by atoms with Gasteiger partial charge in [-0.3, -0.25) is 4.84 Å². The van der Waals surface area contributed by atoms with Crippen LogP contribution in [0.2, 0.25) is 0 Å². The molecule has 4 bridgehead atoms. The Morgan fingerprint density at radius 3 is 2.16 bits per heavy atom. The highest BCUT2D eigenvalue weighted by atomic mass is 32.2. The van der Waals surface area contributed by atoms with Crippen molar-refractivity contribution in [3.8, 4) is 0 Å². The quantitative estimate of drug-likeness (QED) is 0.710. The van der Waals surface area contributed by atoms with Crippen molar-refractivity contribution in [2.24, 2.45) is 23.7 Å². The van der Waals surface area contributed by atoms with Gasteiger partial charge in [-0.1, -0.05) is 42.1 Å². The molecule has 0 N–H and O–H groups in total. The van der Waals surface area contributed by atoms with Crippen molar-refractivity contribution < 1.29 is 18.0 Å². The van der Waals surface area contributed by atoms with E-state index in [-0.39, 0.29) is 18.4 Å². The van der Waals surface area contributed by atoms with Crippen molar-refractivity contribution in [2.45, 2.75) is 55.1 Å². The fourth-order valence-electron chi connectivity index (χ4n) is 5.78. The first kappa shape index (κ1) is 16.5.